The van der Waals surface area contributed by atoms with Crippen LogP contribution in [0.15, 0.2) is 53.4 Å². The molecule has 0 fully saturated rings. The van der Waals surface area contributed by atoms with Crippen molar-refractivity contribution in [3.8, 4) is 0 Å². The van der Waals surface area contributed by atoms with E-state index in [1.807, 2.05) is 25.1 Å². The van der Waals surface area contributed by atoms with Crippen molar-refractivity contribution >= 4 is 21.8 Å². The Hall–Kier alpha value is -2.11. The smallest absolute Gasteiger partial charge is 0.238 e. The van der Waals surface area contributed by atoms with Crippen LogP contribution in [0.3, 0.4) is 0 Å². The third-order valence-electron chi connectivity index (χ3n) is 4.30. The number of primary sulfonamides is 1. The second-order valence-electron chi connectivity index (χ2n) is 6.03. The Labute approximate surface area is 143 Å². The Morgan fingerprint density at radius 1 is 1.12 bits per heavy atom. The summed E-state index contributed by atoms with van der Waals surface area (Å²) in [5.74, 6) is 0. The van der Waals surface area contributed by atoms with Crippen molar-refractivity contribution in [2.45, 2.75) is 31.2 Å². The lowest BCUT2D eigenvalue weighted by molar-refractivity contribution is 0.596. The fourth-order valence-corrected chi connectivity index (χ4v) is 4.08. The minimum Gasteiger partial charge on any atom is -0.363 e. The summed E-state index contributed by atoms with van der Waals surface area (Å²) in [5, 5.41) is 5.41. The number of hydrogen-bond acceptors (Lipinski definition) is 3. The summed E-state index contributed by atoms with van der Waals surface area (Å²) in [7, 11) is -3.71. The minimum atomic E-state index is -3.71. The van der Waals surface area contributed by atoms with Gasteiger partial charge in [0.25, 0.3) is 0 Å². The molecular weight excluding hydrogens is 320 g/mol. The first kappa shape index (κ1) is 16.7. The summed E-state index contributed by atoms with van der Waals surface area (Å²) in [6.45, 7) is 3.52. The predicted molar refractivity (Wildman–Crippen MR) is 98.3 cm³/mol. The highest BCUT2D eigenvalue weighted by molar-refractivity contribution is 7.89. The maximum atomic E-state index is 11.9. The highest BCUT2D eigenvalue weighted by Gasteiger charge is 2.19. The minimum absolute atomic E-state index is 0.252. The summed E-state index contributed by atoms with van der Waals surface area (Å²) in [5.41, 5.74) is 4.22. The van der Waals surface area contributed by atoms with Gasteiger partial charge in [0, 0.05) is 18.8 Å². The van der Waals surface area contributed by atoms with Gasteiger partial charge in [-0.15, -0.1) is 0 Å². The Balaban J connectivity index is 2.00. The van der Waals surface area contributed by atoms with Gasteiger partial charge in [-0.3, -0.25) is 0 Å². The molecule has 0 spiro atoms. The molecule has 0 saturated heterocycles. The van der Waals surface area contributed by atoms with E-state index in [0.29, 0.717) is 13.0 Å². The highest BCUT2D eigenvalue weighted by atomic mass is 32.2. The number of nitrogens with two attached hydrogens (primary N) is 1. The number of benzene rings is 2. The van der Waals surface area contributed by atoms with Crippen molar-refractivity contribution in [1.82, 2.24) is 0 Å². The van der Waals surface area contributed by atoms with Crippen molar-refractivity contribution in [2.24, 2.45) is 5.14 Å². The largest absolute Gasteiger partial charge is 0.363 e. The Morgan fingerprint density at radius 2 is 1.92 bits per heavy atom. The van der Waals surface area contributed by atoms with Gasteiger partial charge >= 0.3 is 0 Å². The molecule has 0 bridgehead atoms. The van der Waals surface area contributed by atoms with Crippen LogP contribution < -0.4 is 10.0 Å². The molecule has 2 aromatic rings. The topological polar surface area (TPSA) is 63.4 Å². The zero-order chi connectivity index (χ0) is 17.2. The van der Waals surface area contributed by atoms with E-state index in [2.05, 4.69) is 29.2 Å². The van der Waals surface area contributed by atoms with Crippen LogP contribution in [0.4, 0.5) is 5.69 Å². The van der Waals surface area contributed by atoms with E-state index in [4.69, 9.17) is 5.14 Å². The van der Waals surface area contributed by atoms with Crippen LogP contribution in [-0.4, -0.2) is 15.0 Å². The average Bonchev–Trinajstić information content (AvgIpc) is 2.56. The second kappa shape index (κ2) is 6.79. The van der Waals surface area contributed by atoms with Gasteiger partial charge in [0.05, 0.1) is 4.90 Å². The molecule has 1 aliphatic rings. The number of nitrogens with zero attached hydrogens (tertiary/aromatic N) is 1. The zero-order valence-corrected chi connectivity index (χ0v) is 14.6. The molecule has 0 atom stereocenters. The summed E-state index contributed by atoms with van der Waals surface area (Å²) < 4.78 is 23.8. The van der Waals surface area contributed by atoms with Gasteiger partial charge < -0.3 is 4.90 Å². The van der Waals surface area contributed by atoms with Crippen LogP contribution in [0.2, 0.25) is 0 Å². The molecule has 24 heavy (non-hydrogen) atoms. The summed E-state index contributed by atoms with van der Waals surface area (Å²) in [4.78, 5) is 2.51. The Bertz CT molecular complexity index is 873. The molecule has 0 amide bonds. The molecule has 1 heterocycles. The molecule has 2 N–H and O–H groups in total. The van der Waals surface area contributed by atoms with Crippen molar-refractivity contribution in [1.29, 1.82) is 0 Å². The van der Waals surface area contributed by atoms with E-state index in [1.165, 1.54) is 11.3 Å². The number of hydrogen-bond donors (Lipinski definition) is 1. The molecule has 5 heteroatoms. The van der Waals surface area contributed by atoms with Crippen molar-refractivity contribution in [3.63, 3.8) is 0 Å². The molecule has 0 unspecified atom stereocenters. The van der Waals surface area contributed by atoms with Crippen LogP contribution in [0.1, 0.15) is 30.0 Å². The maximum Gasteiger partial charge on any atom is 0.238 e. The summed E-state index contributed by atoms with van der Waals surface area (Å²) >= 11 is 0. The first-order chi connectivity index (χ1) is 11.5. The van der Waals surface area contributed by atoms with Crippen LogP contribution in [0.25, 0.3) is 6.08 Å². The number of anilines is 1. The van der Waals surface area contributed by atoms with E-state index < -0.39 is 10.0 Å². The quantitative estimate of drug-likeness (QED) is 0.906. The van der Waals surface area contributed by atoms with Crippen LogP contribution in [0.5, 0.6) is 0 Å². The highest BCUT2D eigenvalue weighted by Crippen LogP contribution is 2.29. The van der Waals surface area contributed by atoms with Gasteiger partial charge in [0.15, 0.2) is 0 Å². The normalized spacial score (nSPS) is 13.8. The number of sulfonamides is 1. The fraction of sp³-hybridized carbons (Fsp3) is 0.263. The summed E-state index contributed by atoms with van der Waals surface area (Å²) in [6, 6.07) is 13.6. The zero-order valence-electron chi connectivity index (χ0n) is 13.8. The fourth-order valence-electron chi connectivity index (χ4n) is 3.24. The monoisotopic (exact) mass is 342 g/mol. The van der Waals surface area contributed by atoms with Gasteiger partial charge in [0.2, 0.25) is 10.0 Å². The molecule has 0 radical (unpaired) electrons. The summed E-state index contributed by atoms with van der Waals surface area (Å²) in [6.07, 6.45) is 5.83. The lowest BCUT2D eigenvalue weighted by Gasteiger charge is -2.29. The van der Waals surface area contributed by atoms with Crippen LogP contribution in [-0.2, 0) is 23.0 Å². The molecule has 1 aliphatic heterocycles. The van der Waals surface area contributed by atoms with Crippen LogP contribution >= 0.6 is 0 Å². The standard InChI is InChI=1S/C19H22N2O2S/c1-2-7-17-16(9-5-12-19(17)24(20,22)23)14-21-13-6-10-15-8-3-4-11-18(15)21/h3-6,8-12H,2,7,13-14H2,1H3,(H2,20,22,23). The number of fused-ring (bicyclic) bond motifs is 1. The van der Waals surface area contributed by atoms with Crippen molar-refractivity contribution < 1.29 is 8.42 Å². The average molecular weight is 342 g/mol. The molecule has 4 nitrogen and oxygen atoms in total. The third-order valence-corrected chi connectivity index (χ3v) is 5.29. The molecule has 2 aromatic carbocycles. The number of rotatable bonds is 5. The Kier molecular flexibility index (Phi) is 4.73. The van der Waals surface area contributed by atoms with E-state index in [9.17, 15) is 8.42 Å². The van der Waals surface area contributed by atoms with Crippen LogP contribution in [0, 0.1) is 0 Å². The molecule has 0 aromatic heterocycles. The van der Waals surface area contributed by atoms with Crippen molar-refractivity contribution in [3.05, 3.63) is 65.2 Å². The first-order valence-electron chi connectivity index (χ1n) is 8.15. The SMILES string of the molecule is CCCc1c(CN2CC=Cc3ccccc32)cccc1S(N)(=O)=O. The first-order valence-corrected chi connectivity index (χ1v) is 9.69. The Morgan fingerprint density at radius 3 is 2.67 bits per heavy atom. The third kappa shape index (κ3) is 3.37. The van der Waals surface area contributed by atoms with E-state index >= 15 is 0 Å². The van der Waals surface area contributed by atoms with Gasteiger partial charge in [-0.1, -0.05) is 55.8 Å². The number of para-hydroxylation sites is 1. The van der Waals surface area contributed by atoms with Gasteiger partial charge in [-0.05, 0) is 35.2 Å². The van der Waals surface area contributed by atoms with E-state index in [1.54, 1.807) is 12.1 Å². The molecular formula is C19H22N2O2S. The molecule has 3 rings (SSSR count). The maximum absolute atomic E-state index is 11.9. The molecule has 126 valence electrons. The lowest BCUT2D eigenvalue weighted by Crippen LogP contribution is -2.26. The van der Waals surface area contributed by atoms with Gasteiger partial charge in [0.1, 0.15) is 0 Å². The molecule has 0 aliphatic carbocycles. The van der Waals surface area contributed by atoms with E-state index in [-0.39, 0.29) is 4.90 Å². The van der Waals surface area contributed by atoms with E-state index in [0.717, 1.165) is 24.1 Å². The molecule has 0 saturated carbocycles. The predicted octanol–water partition coefficient (Wildman–Crippen LogP) is 3.32. The second-order valence-corrected chi connectivity index (χ2v) is 7.56. The van der Waals surface area contributed by atoms with Gasteiger partial charge in [-0.2, -0.15) is 0 Å². The van der Waals surface area contributed by atoms with Crippen molar-refractivity contribution in [2.75, 3.05) is 11.4 Å². The lowest BCUT2D eigenvalue weighted by atomic mass is 10.0. The van der Waals surface area contributed by atoms with Gasteiger partial charge in [-0.25, -0.2) is 13.6 Å².